The summed E-state index contributed by atoms with van der Waals surface area (Å²) in [4.78, 5) is 26.9. The summed E-state index contributed by atoms with van der Waals surface area (Å²) in [7, 11) is 0. The zero-order chi connectivity index (χ0) is 14.9. The van der Waals surface area contributed by atoms with Gasteiger partial charge in [-0.3, -0.25) is 9.59 Å². The molecule has 0 saturated carbocycles. The first-order chi connectivity index (χ1) is 9.92. The summed E-state index contributed by atoms with van der Waals surface area (Å²) >= 11 is 3.45. The predicted molar refractivity (Wildman–Crippen MR) is 80.9 cm³/mol. The second-order valence-corrected chi connectivity index (χ2v) is 7.31. The van der Waals surface area contributed by atoms with Gasteiger partial charge in [0.25, 0.3) is 0 Å². The molecule has 1 aromatic carbocycles. The van der Waals surface area contributed by atoms with Crippen molar-refractivity contribution < 1.29 is 14.3 Å². The smallest absolute Gasteiger partial charge is 0.240 e. The van der Waals surface area contributed by atoms with E-state index in [2.05, 4.69) is 15.9 Å². The number of halogens is 1. The van der Waals surface area contributed by atoms with Crippen LogP contribution in [0, 0.1) is 18.8 Å². The highest BCUT2D eigenvalue weighted by Gasteiger charge is 2.67. The quantitative estimate of drug-likeness (QED) is 0.732. The van der Waals surface area contributed by atoms with Gasteiger partial charge in [-0.1, -0.05) is 15.9 Å². The van der Waals surface area contributed by atoms with Crippen molar-refractivity contribution in [2.75, 3.05) is 4.90 Å². The standard InChI is InChI=1S/C16H16BrNO3/c1-8-7-9(3-4-10(8)17)18-14(19)12-11-5-6-16(2,21-11)13(12)15(18)20/h3-4,7,11-13H,5-6H2,1-2H3/t11?,12-,13?,16?/m1/s1. The fourth-order valence-electron chi connectivity index (χ4n) is 4.10. The molecule has 5 heteroatoms. The Kier molecular flexibility index (Phi) is 2.67. The van der Waals surface area contributed by atoms with Crippen LogP contribution in [0.3, 0.4) is 0 Å². The molecule has 3 aliphatic heterocycles. The molecule has 3 unspecified atom stereocenters. The lowest BCUT2D eigenvalue weighted by Gasteiger charge is -2.26. The van der Waals surface area contributed by atoms with Crippen molar-refractivity contribution in [2.24, 2.45) is 11.8 Å². The summed E-state index contributed by atoms with van der Waals surface area (Å²) in [6.45, 7) is 3.92. The Hall–Kier alpha value is -1.20. The molecule has 3 fully saturated rings. The maximum absolute atomic E-state index is 12.8. The lowest BCUT2D eigenvalue weighted by atomic mass is 9.74. The SMILES string of the molecule is Cc1cc(N2C(=O)C3[C@H](C2=O)C2CCC3(C)O2)ccc1Br. The predicted octanol–water partition coefficient (Wildman–Crippen LogP) is 2.81. The minimum atomic E-state index is -0.457. The molecular formula is C16H16BrNO3. The number of carbonyl (C=O) groups excluding carboxylic acids is 2. The van der Waals surface area contributed by atoms with Crippen LogP contribution < -0.4 is 4.90 Å². The molecule has 21 heavy (non-hydrogen) atoms. The minimum absolute atomic E-state index is 0.0852. The number of ether oxygens (including phenoxy) is 1. The number of hydrogen-bond donors (Lipinski definition) is 0. The van der Waals surface area contributed by atoms with Crippen LogP contribution in [0.4, 0.5) is 5.69 Å². The molecule has 0 radical (unpaired) electrons. The van der Waals surface area contributed by atoms with Gasteiger partial charge in [-0.2, -0.15) is 0 Å². The normalized spacial score (nSPS) is 37.5. The van der Waals surface area contributed by atoms with E-state index in [0.29, 0.717) is 5.69 Å². The average Bonchev–Trinajstić information content (AvgIpc) is 3.03. The summed E-state index contributed by atoms with van der Waals surface area (Å²) in [6, 6.07) is 5.58. The van der Waals surface area contributed by atoms with E-state index in [1.807, 2.05) is 32.0 Å². The van der Waals surface area contributed by atoms with E-state index in [9.17, 15) is 9.59 Å². The number of rotatable bonds is 1. The van der Waals surface area contributed by atoms with Crippen molar-refractivity contribution in [1.82, 2.24) is 0 Å². The largest absolute Gasteiger partial charge is 0.370 e. The molecule has 1 aromatic rings. The lowest BCUT2D eigenvalue weighted by Crippen LogP contribution is -2.39. The van der Waals surface area contributed by atoms with Crippen molar-refractivity contribution in [1.29, 1.82) is 0 Å². The topological polar surface area (TPSA) is 46.6 Å². The van der Waals surface area contributed by atoms with Crippen LogP contribution in [0.25, 0.3) is 0 Å². The van der Waals surface area contributed by atoms with Gasteiger partial charge in [0.05, 0.1) is 29.2 Å². The Bertz CT molecular complexity index is 673. The Morgan fingerprint density at radius 1 is 1.33 bits per heavy atom. The van der Waals surface area contributed by atoms with Gasteiger partial charge in [-0.25, -0.2) is 4.90 Å². The van der Waals surface area contributed by atoms with Crippen LogP contribution in [0.1, 0.15) is 25.3 Å². The second-order valence-electron chi connectivity index (χ2n) is 6.46. The third-order valence-electron chi connectivity index (χ3n) is 5.16. The third-order valence-corrected chi connectivity index (χ3v) is 6.04. The van der Waals surface area contributed by atoms with Gasteiger partial charge in [0.2, 0.25) is 11.8 Å². The fraction of sp³-hybridized carbons (Fsp3) is 0.500. The molecule has 3 heterocycles. The first-order valence-corrected chi connectivity index (χ1v) is 8.03. The number of benzene rings is 1. The first kappa shape index (κ1) is 13.5. The molecule has 3 saturated heterocycles. The van der Waals surface area contributed by atoms with Crippen LogP contribution in [-0.4, -0.2) is 23.5 Å². The van der Waals surface area contributed by atoms with Gasteiger partial charge in [0.15, 0.2) is 0 Å². The molecule has 4 rings (SSSR count). The van der Waals surface area contributed by atoms with Crippen LogP contribution in [0.2, 0.25) is 0 Å². The molecule has 0 spiro atoms. The molecule has 0 aromatic heterocycles. The molecule has 110 valence electrons. The maximum atomic E-state index is 12.8. The highest BCUT2D eigenvalue weighted by Crippen LogP contribution is 2.55. The summed E-state index contributed by atoms with van der Waals surface area (Å²) in [5.74, 6) is -0.801. The van der Waals surface area contributed by atoms with Gasteiger partial charge in [0, 0.05) is 4.47 Å². The van der Waals surface area contributed by atoms with Crippen molar-refractivity contribution in [2.45, 2.75) is 38.4 Å². The van der Waals surface area contributed by atoms with E-state index in [1.54, 1.807) is 0 Å². The molecule has 2 bridgehead atoms. The number of imide groups is 1. The summed E-state index contributed by atoms with van der Waals surface area (Å²) in [5.41, 5.74) is 1.22. The molecule has 2 amide bonds. The zero-order valence-electron chi connectivity index (χ0n) is 11.9. The number of hydrogen-bond acceptors (Lipinski definition) is 3. The first-order valence-electron chi connectivity index (χ1n) is 7.24. The number of carbonyl (C=O) groups is 2. The molecule has 4 atom stereocenters. The van der Waals surface area contributed by atoms with Gasteiger partial charge < -0.3 is 4.74 Å². The van der Waals surface area contributed by atoms with E-state index in [0.717, 1.165) is 22.9 Å². The monoisotopic (exact) mass is 349 g/mol. The minimum Gasteiger partial charge on any atom is -0.370 e. The zero-order valence-corrected chi connectivity index (χ0v) is 13.5. The number of amides is 2. The van der Waals surface area contributed by atoms with Gasteiger partial charge in [-0.05, 0) is 50.5 Å². The number of anilines is 1. The van der Waals surface area contributed by atoms with Crippen molar-refractivity contribution in [3.8, 4) is 0 Å². The fourth-order valence-corrected chi connectivity index (χ4v) is 4.35. The van der Waals surface area contributed by atoms with E-state index in [-0.39, 0.29) is 29.8 Å². The number of aryl methyl sites for hydroxylation is 1. The van der Waals surface area contributed by atoms with Gasteiger partial charge in [0.1, 0.15) is 0 Å². The van der Waals surface area contributed by atoms with Crippen LogP contribution in [-0.2, 0) is 14.3 Å². The summed E-state index contributed by atoms with van der Waals surface area (Å²) in [6.07, 6.45) is 1.66. The van der Waals surface area contributed by atoms with Gasteiger partial charge >= 0.3 is 0 Å². The van der Waals surface area contributed by atoms with Crippen molar-refractivity contribution >= 4 is 33.4 Å². The lowest BCUT2D eigenvalue weighted by molar-refractivity contribution is -0.126. The molecule has 3 aliphatic rings. The Balaban J connectivity index is 1.77. The second kappa shape index (κ2) is 4.17. The van der Waals surface area contributed by atoms with E-state index in [4.69, 9.17) is 4.74 Å². The Morgan fingerprint density at radius 3 is 2.76 bits per heavy atom. The number of nitrogens with zero attached hydrogens (tertiary/aromatic N) is 1. The number of fused-ring (bicyclic) bond motifs is 5. The van der Waals surface area contributed by atoms with Crippen molar-refractivity contribution in [3.05, 3.63) is 28.2 Å². The van der Waals surface area contributed by atoms with Crippen LogP contribution in [0.15, 0.2) is 22.7 Å². The molecule has 0 N–H and O–H groups in total. The van der Waals surface area contributed by atoms with E-state index >= 15 is 0 Å². The highest BCUT2D eigenvalue weighted by atomic mass is 79.9. The van der Waals surface area contributed by atoms with Crippen LogP contribution in [0.5, 0.6) is 0 Å². The van der Waals surface area contributed by atoms with E-state index < -0.39 is 5.60 Å². The summed E-state index contributed by atoms with van der Waals surface area (Å²) in [5, 5.41) is 0. The molecule has 4 nitrogen and oxygen atoms in total. The highest BCUT2D eigenvalue weighted by molar-refractivity contribution is 9.10. The Labute approximate surface area is 131 Å². The van der Waals surface area contributed by atoms with Crippen LogP contribution >= 0.6 is 15.9 Å². The summed E-state index contributed by atoms with van der Waals surface area (Å²) < 4.78 is 6.89. The maximum Gasteiger partial charge on any atom is 0.240 e. The van der Waals surface area contributed by atoms with E-state index in [1.165, 1.54) is 4.90 Å². The average molecular weight is 350 g/mol. The van der Waals surface area contributed by atoms with Gasteiger partial charge in [-0.15, -0.1) is 0 Å². The molecular weight excluding hydrogens is 334 g/mol. The van der Waals surface area contributed by atoms with Crippen molar-refractivity contribution in [3.63, 3.8) is 0 Å². The Morgan fingerprint density at radius 2 is 2.10 bits per heavy atom. The molecule has 0 aliphatic carbocycles. The third kappa shape index (κ3) is 1.64.